The van der Waals surface area contributed by atoms with E-state index in [-0.39, 0.29) is 23.7 Å². The lowest BCUT2D eigenvalue weighted by Crippen LogP contribution is -2.56. The third-order valence-electron chi connectivity index (χ3n) is 10.3. The van der Waals surface area contributed by atoms with E-state index in [4.69, 9.17) is 20.4 Å². The number of fused-ring (bicyclic) bond motifs is 4. The topological polar surface area (TPSA) is 108 Å². The van der Waals surface area contributed by atoms with E-state index in [9.17, 15) is 9.90 Å². The molecule has 1 amide bonds. The Hall–Kier alpha value is -4.89. The molecular weight excluding hydrogens is 588 g/mol. The van der Waals surface area contributed by atoms with Crippen LogP contribution >= 0.6 is 0 Å². The Kier molecular flexibility index (Phi) is 7.56. The molecule has 0 unspecified atom stereocenters. The average Bonchev–Trinajstić information content (AvgIpc) is 3.61. The first kappa shape index (κ1) is 29.5. The molecule has 3 aliphatic rings. The van der Waals surface area contributed by atoms with Gasteiger partial charge in [0.2, 0.25) is 5.91 Å². The van der Waals surface area contributed by atoms with E-state index in [2.05, 4.69) is 46.0 Å². The van der Waals surface area contributed by atoms with Crippen LogP contribution in [0.1, 0.15) is 31.2 Å². The maximum Gasteiger partial charge on any atom is 0.319 e. The van der Waals surface area contributed by atoms with Crippen molar-refractivity contribution in [3.8, 4) is 22.9 Å². The lowest BCUT2D eigenvalue weighted by atomic mass is 9.97. The molecule has 3 aliphatic heterocycles. The molecule has 0 spiro atoms. The van der Waals surface area contributed by atoms with Crippen molar-refractivity contribution < 1.29 is 14.6 Å². The minimum absolute atomic E-state index is 0.120. The van der Waals surface area contributed by atoms with Gasteiger partial charge in [0.25, 0.3) is 0 Å². The number of amides is 1. The predicted octanol–water partition coefficient (Wildman–Crippen LogP) is 5.63. The molecule has 1 aromatic heterocycles. The molecule has 0 saturated carbocycles. The van der Waals surface area contributed by atoms with Crippen LogP contribution in [0, 0.1) is 0 Å². The molecule has 3 saturated heterocycles. The number of rotatable bonds is 7. The monoisotopic (exact) mass is 628 g/mol. The van der Waals surface area contributed by atoms with E-state index < -0.39 is 0 Å². The average molecular weight is 629 g/mol. The molecule has 3 fully saturated rings. The van der Waals surface area contributed by atoms with Crippen LogP contribution in [-0.4, -0.2) is 82.2 Å². The highest BCUT2D eigenvalue weighted by molar-refractivity contribution is 6.01. The highest BCUT2D eigenvalue weighted by atomic mass is 16.5. The van der Waals surface area contributed by atoms with Crippen LogP contribution in [0.25, 0.3) is 32.8 Å². The maximum atomic E-state index is 13.6. The van der Waals surface area contributed by atoms with Crippen LogP contribution in [0.2, 0.25) is 0 Å². The zero-order valence-corrected chi connectivity index (χ0v) is 26.7. The van der Waals surface area contributed by atoms with Crippen molar-refractivity contribution in [1.82, 2.24) is 19.8 Å². The van der Waals surface area contributed by atoms with Gasteiger partial charge in [-0.25, -0.2) is 0 Å². The van der Waals surface area contributed by atoms with Crippen molar-refractivity contribution >= 4 is 39.1 Å². The van der Waals surface area contributed by atoms with Gasteiger partial charge in [-0.1, -0.05) is 42.5 Å². The number of anilines is 2. The summed E-state index contributed by atoms with van der Waals surface area (Å²) in [5.41, 5.74) is 10.3. The van der Waals surface area contributed by atoms with Gasteiger partial charge < -0.3 is 30.3 Å². The fraction of sp³-hybridized carbons (Fsp3) is 0.342. The number of benzene rings is 4. The maximum absolute atomic E-state index is 13.6. The number of carbonyl (C=O) groups is 1. The number of nitrogen functional groups attached to an aromatic ring is 1. The summed E-state index contributed by atoms with van der Waals surface area (Å²) >= 11 is 0. The smallest absolute Gasteiger partial charge is 0.319 e. The van der Waals surface area contributed by atoms with Crippen LogP contribution in [-0.2, 0) is 11.2 Å². The zero-order chi connectivity index (χ0) is 32.1. The van der Waals surface area contributed by atoms with Gasteiger partial charge in [0, 0.05) is 42.3 Å². The first-order valence-electron chi connectivity index (χ1n) is 16.7. The third-order valence-corrected chi connectivity index (χ3v) is 10.3. The number of likely N-dealkylation sites (N-methyl/N-ethyl adjacent to an activating group) is 1. The Morgan fingerprint density at radius 1 is 0.936 bits per heavy atom. The van der Waals surface area contributed by atoms with Crippen molar-refractivity contribution in [2.24, 2.45) is 0 Å². The van der Waals surface area contributed by atoms with Gasteiger partial charge in [-0.3, -0.25) is 4.79 Å². The highest BCUT2D eigenvalue weighted by Gasteiger charge is 2.43. The SMILES string of the molecule is CN1CCC[C@H]1COc1nc(N2C[C@H]3CC[C@@H](C2)N3C(=O)Cc2ccc(N)cc2)c2ccc(-c3cc(O)cc4ccccc34)cc2n1. The molecule has 9 heteroatoms. The van der Waals surface area contributed by atoms with Gasteiger partial charge in [-0.15, -0.1) is 0 Å². The Bertz CT molecular complexity index is 1950. The lowest BCUT2D eigenvalue weighted by molar-refractivity contribution is -0.133. The first-order chi connectivity index (χ1) is 22.9. The van der Waals surface area contributed by atoms with Gasteiger partial charge in [0.15, 0.2) is 0 Å². The number of phenolic OH excluding ortho intramolecular Hbond substituents is 1. The number of piperazine rings is 1. The molecule has 47 heavy (non-hydrogen) atoms. The molecule has 4 aromatic carbocycles. The summed E-state index contributed by atoms with van der Waals surface area (Å²) in [6, 6.07) is 26.5. The Labute approximate surface area is 274 Å². The molecule has 240 valence electrons. The van der Waals surface area contributed by atoms with Crippen LogP contribution < -0.4 is 15.4 Å². The van der Waals surface area contributed by atoms with Crippen molar-refractivity contribution in [2.45, 2.75) is 50.2 Å². The van der Waals surface area contributed by atoms with Gasteiger partial charge in [0.1, 0.15) is 18.2 Å². The minimum Gasteiger partial charge on any atom is -0.508 e. The first-order valence-corrected chi connectivity index (χ1v) is 16.7. The van der Waals surface area contributed by atoms with Gasteiger partial charge in [-0.2, -0.15) is 9.97 Å². The van der Waals surface area contributed by atoms with Crippen molar-refractivity contribution in [2.75, 3.05) is 43.9 Å². The number of aromatic hydroxyl groups is 1. The summed E-state index contributed by atoms with van der Waals surface area (Å²) in [6.45, 7) is 3.03. The second-order valence-electron chi connectivity index (χ2n) is 13.4. The number of carbonyl (C=O) groups excluding carboxylic acids is 1. The van der Waals surface area contributed by atoms with Crippen LogP contribution in [0.15, 0.2) is 78.9 Å². The van der Waals surface area contributed by atoms with Crippen LogP contribution in [0.5, 0.6) is 11.8 Å². The lowest BCUT2D eigenvalue weighted by Gasteiger charge is -2.42. The van der Waals surface area contributed by atoms with Crippen molar-refractivity contribution in [1.29, 1.82) is 0 Å². The summed E-state index contributed by atoms with van der Waals surface area (Å²) in [4.78, 5) is 30.3. The summed E-state index contributed by atoms with van der Waals surface area (Å²) in [6.07, 6.45) is 4.60. The Balaban J connectivity index is 1.13. The number of nitrogens with two attached hydrogens (primary N) is 1. The number of likely N-dealkylation sites (tertiary alicyclic amines) is 1. The predicted molar refractivity (Wildman–Crippen MR) is 186 cm³/mol. The number of hydrogen-bond acceptors (Lipinski definition) is 8. The normalized spacial score (nSPS) is 21.2. The standard InChI is InChI=1S/C38H40N6O3/c1-42-16-4-6-30(42)23-47-38-40-35-19-26(34-20-31(45)18-25-5-2-3-7-32(25)34)10-15-33(35)37(41-38)43-21-28-13-14-29(22-43)44(28)36(46)17-24-8-11-27(39)12-9-24/h2-3,5,7-12,15,18-20,28-30,45H,4,6,13-14,16-17,21-23,39H2,1H3/t28-,29+,30-/m0/s1. The van der Waals surface area contributed by atoms with Crippen molar-refractivity contribution in [3.63, 3.8) is 0 Å². The van der Waals surface area contributed by atoms with E-state index in [1.165, 1.54) is 6.42 Å². The largest absolute Gasteiger partial charge is 0.508 e. The molecule has 4 heterocycles. The minimum atomic E-state index is 0.120. The van der Waals surface area contributed by atoms with Crippen LogP contribution in [0.4, 0.5) is 11.5 Å². The molecule has 8 rings (SSSR count). The fourth-order valence-corrected chi connectivity index (χ4v) is 7.84. The molecule has 5 aromatic rings. The van der Waals surface area contributed by atoms with Crippen LogP contribution in [0.3, 0.4) is 0 Å². The molecular formula is C38H40N6O3. The molecule has 9 nitrogen and oxygen atoms in total. The number of nitrogens with zero attached hydrogens (tertiary/aromatic N) is 5. The quantitative estimate of drug-likeness (QED) is 0.223. The van der Waals surface area contributed by atoms with E-state index in [0.717, 1.165) is 70.0 Å². The van der Waals surface area contributed by atoms with Gasteiger partial charge >= 0.3 is 6.01 Å². The Morgan fingerprint density at radius 3 is 2.49 bits per heavy atom. The molecule has 3 N–H and O–H groups in total. The van der Waals surface area contributed by atoms with E-state index in [0.29, 0.717) is 43.9 Å². The summed E-state index contributed by atoms with van der Waals surface area (Å²) < 4.78 is 6.33. The molecule has 2 bridgehead atoms. The summed E-state index contributed by atoms with van der Waals surface area (Å²) in [5.74, 6) is 1.24. The second-order valence-corrected chi connectivity index (χ2v) is 13.4. The summed E-state index contributed by atoms with van der Waals surface area (Å²) in [7, 11) is 2.14. The Morgan fingerprint density at radius 2 is 1.72 bits per heavy atom. The number of hydrogen-bond donors (Lipinski definition) is 2. The van der Waals surface area contributed by atoms with Gasteiger partial charge in [0.05, 0.1) is 11.9 Å². The fourth-order valence-electron chi connectivity index (χ4n) is 7.84. The number of aromatic nitrogens is 2. The highest BCUT2D eigenvalue weighted by Crippen LogP contribution is 2.38. The van der Waals surface area contributed by atoms with E-state index >= 15 is 0 Å². The van der Waals surface area contributed by atoms with E-state index in [1.807, 2.05) is 48.5 Å². The summed E-state index contributed by atoms with van der Waals surface area (Å²) in [5, 5.41) is 13.6. The number of phenols is 1. The zero-order valence-electron chi connectivity index (χ0n) is 26.7. The van der Waals surface area contributed by atoms with Crippen molar-refractivity contribution in [3.05, 3.63) is 84.4 Å². The second kappa shape index (κ2) is 12.0. The molecule has 0 aliphatic carbocycles. The molecule has 3 atom stereocenters. The number of ether oxygens (including phenoxy) is 1. The molecule has 0 radical (unpaired) electrons. The van der Waals surface area contributed by atoms with E-state index in [1.54, 1.807) is 6.07 Å². The van der Waals surface area contributed by atoms with Gasteiger partial charge in [-0.05, 0) is 103 Å². The third kappa shape index (κ3) is 5.69.